The summed E-state index contributed by atoms with van der Waals surface area (Å²) in [7, 11) is 3.81. The van der Waals surface area contributed by atoms with Crippen molar-refractivity contribution in [1.29, 1.82) is 0 Å². The average Bonchev–Trinajstić information content (AvgIpc) is 2.99. The number of alkyl halides is 3. The standard InChI is InChI=1S/C19H22Cl2F3N5O/c1-12-17(21)18(19(22,23)24)25-29(12)16(11-30)28-8-6-27(7-9-28)13-4-5-14(20)15(10-13)26(2)3/h4-5,10-11,16H,6-9H2,1-3H3. The molecule has 1 aliphatic rings. The molecule has 30 heavy (non-hydrogen) atoms. The highest BCUT2D eigenvalue weighted by Gasteiger charge is 2.39. The maximum absolute atomic E-state index is 13.1. The third-order valence-corrected chi connectivity index (χ3v) is 5.95. The molecule has 2 aromatic rings. The monoisotopic (exact) mass is 463 g/mol. The van der Waals surface area contributed by atoms with Crippen LogP contribution in [0.25, 0.3) is 0 Å². The molecule has 1 unspecified atom stereocenters. The number of halogens is 5. The van der Waals surface area contributed by atoms with Crippen LogP contribution in [0.15, 0.2) is 18.2 Å². The Morgan fingerprint density at radius 3 is 2.30 bits per heavy atom. The summed E-state index contributed by atoms with van der Waals surface area (Å²) in [6, 6.07) is 5.75. The summed E-state index contributed by atoms with van der Waals surface area (Å²) in [5.41, 5.74) is 0.813. The van der Waals surface area contributed by atoms with Gasteiger partial charge in [0.15, 0.2) is 18.1 Å². The zero-order valence-electron chi connectivity index (χ0n) is 16.7. The number of hydrogen-bond donors (Lipinski definition) is 0. The van der Waals surface area contributed by atoms with E-state index >= 15 is 0 Å². The Balaban J connectivity index is 1.77. The molecular weight excluding hydrogens is 442 g/mol. The Kier molecular flexibility index (Phi) is 6.54. The van der Waals surface area contributed by atoms with E-state index in [0.29, 0.717) is 37.5 Å². The Hall–Kier alpha value is -1.97. The molecule has 0 saturated carbocycles. The minimum absolute atomic E-state index is 0.108. The molecule has 0 radical (unpaired) electrons. The average molecular weight is 464 g/mol. The molecule has 0 aliphatic carbocycles. The fourth-order valence-corrected chi connectivity index (χ4v) is 4.04. The molecule has 6 nitrogen and oxygen atoms in total. The smallest absolute Gasteiger partial charge is 0.376 e. The van der Waals surface area contributed by atoms with Crippen LogP contribution in [0.4, 0.5) is 24.5 Å². The third kappa shape index (κ3) is 4.38. The summed E-state index contributed by atoms with van der Waals surface area (Å²) in [6.07, 6.45) is -5.04. The highest BCUT2D eigenvalue weighted by molar-refractivity contribution is 6.33. The van der Waals surface area contributed by atoms with Crippen LogP contribution in [0.3, 0.4) is 0 Å². The number of benzene rings is 1. The van der Waals surface area contributed by atoms with E-state index in [0.717, 1.165) is 16.1 Å². The quantitative estimate of drug-likeness (QED) is 0.624. The van der Waals surface area contributed by atoms with Gasteiger partial charge in [-0.25, -0.2) is 4.68 Å². The van der Waals surface area contributed by atoms with Gasteiger partial charge in [-0.1, -0.05) is 23.2 Å². The minimum atomic E-state index is -4.68. The van der Waals surface area contributed by atoms with E-state index in [-0.39, 0.29) is 5.69 Å². The number of nitrogens with zero attached hydrogens (tertiary/aromatic N) is 5. The second-order valence-electron chi connectivity index (χ2n) is 7.29. The van der Waals surface area contributed by atoms with E-state index < -0.39 is 23.1 Å². The number of aromatic nitrogens is 2. The van der Waals surface area contributed by atoms with Gasteiger partial charge in [-0.05, 0) is 25.1 Å². The van der Waals surface area contributed by atoms with Gasteiger partial charge < -0.3 is 9.80 Å². The topological polar surface area (TPSA) is 44.6 Å². The van der Waals surface area contributed by atoms with Crippen molar-refractivity contribution in [2.45, 2.75) is 19.3 Å². The van der Waals surface area contributed by atoms with Crippen molar-refractivity contribution < 1.29 is 18.0 Å². The maximum Gasteiger partial charge on any atom is 0.436 e. The molecule has 1 atom stereocenters. The molecule has 1 aromatic carbocycles. The highest BCUT2D eigenvalue weighted by atomic mass is 35.5. The van der Waals surface area contributed by atoms with Crippen LogP contribution in [-0.4, -0.2) is 61.2 Å². The second-order valence-corrected chi connectivity index (χ2v) is 8.08. The van der Waals surface area contributed by atoms with Crippen LogP contribution >= 0.6 is 23.2 Å². The van der Waals surface area contributed by atoms with Crippen LogP contribution in [-0.2, 0) is 11.0 Å². The van der Waals surface area contributed by atoms with E-state index in [4.69, 9.17) is 23.2 Å². The molecule has 1 aromatic heterocycles. The molecule has 11 heteroatoms. The molecule has 1 fully saturated rings. The second kappa shape index (κ2) is 8.64. The van der Waals surface area contributed by atoms with Gasteiger partial charge in [0, 0.05) is 46.0 Å². The van der Waals surface area contributed by atoms with Crippen molar-refractivity contribution in [3.05, 3.63) is 39.6 Å². The first-order valence-electron chi connectivity index (χ1n) is 9.27. The largest absolute Gasteiger partial charge is 0.436 e. The molecule has 0 N–H and O–H groups in total. The zero-order valence-corrected chi connectivity index (χ0v) is 18.3. The number of aldehydes is 1. The van der Waals surface area contributed by atoms with Crippen molar-refractivity contribution in [2.24, 2.45) is 0 Å². The third-order valence-electron chi connectivity index (χ3n) is 5.18. The number of anilines is 2. The summed E-state index contributed by atoms with van der Waals surface area (Å²) in [6.45, 7) is 3.56. The lowest BCUT2D eigenvalue weighted by atomic mass is 10.2. The summed E-state index contributed by atoms with van der Waals surface area (Å²) in [5.74, 6) is 0. The van der Waals surface area contributed by atoms with E-state index in [2.05, 4.69) is 10.00 Å². The van der Waals surface area contributed by atoms with E-state index in [9.17, 15) is 18.0 Å². The number of carbonyl (C=O) groups is 1. The van der Waals surface area contributed by atoms with Gasteiger partial charge in [-0.15, -0.1) is 0 Å². The van der Waals surface area contributed by atoms with Crippen LogP contribution < -0.4 is 9.80 Å². The molecule has 0 spiro atoms. The molecule has 0 bridgehead atoms. The van der Waals surface area contributed by atoms with Crippen molar-refractivity contribution in [2.75, 3.05) is 50.1 Å². The van der Waals surface area contributed by atoms with Gasteiger partial charge in [0.1, 0.15) is 0 Å². The molecule has 1 saturated heterocycles. The van der Waals surface area contributed by atoms with Gasteiger partial charge in [-0.3, -0.25) is 9.69 Å². The van der Waals surface area contributed by atoms with Gasteiger partial charge >= 0.3 is 6.18 Å². The lowest BCUT2D eigenvalue weighted by Crippen LogP contribution is -2.49. The first-order chi connectivity index (χ1) is 14.0. The van der Waals surface area contributed by atoms with Gasteiger partial charge in [0.05, 0.1) is 21.4 Å². The first kappa shape index (κ1) is 22.7. The zero-order chi connectivity index (χ0) is 22.2. The summed E-state index contributed by atoms with van der Waals surface area (Å²) in [5, 5.41) is 3.76. The predicted molar refractivity (Wildman–Crippen MR) is 112 cm³/mol. The molecule has 2 heterocycles. The number of rotatable bonds is 5. The minimum Gasteiger partial charge on any atom is -0.376 e. The molecular formula is C19H22Cl2F3N5O. The Bertz CT molecular complexity index is 924. The normalized spacial score (nSPS) is 16.6. The molecule has 3 rings (SSSR count). The Morgan fingerprint density at radius 2 is 1.80 bits per heavy atom. The predicted octanol–water partition coefficient (Wildman–Crippen LogP) is 4.10. The Labute approximate surface area is 182 Å². The molecule has 164 valence electrons. The summed E-state index contributed by atoms with van der Waals surface area (Å²) < 4.78 is 40.4. The van der Waals surface area contributed by atoms with E-state index in [1.165, 1.54) is 6.92 Å². The fourth-order valence-electron chi connectivity index (χ4n) is 3.52. The van der Waals surface area contributed by atoms with Crippen LogP contribution in [0.5, 0.6) is 0 Å². The first-order valence-corrected chi connectivity index (χ1v) is 10.0. The lowest BCUT2D eigenvalue weighted by molar-refractivity contribution is -0.142. The SMILES string of the molecule is Cc1c(Cl)c(C(F)(F)F)nn1C(C=O)N1CCN(c2ccc(Cl)c(N(C)C)c2)CC1. The Morgan fingerprint density at radius 1 is 1.17 bits per heavy atom. The van der Waals surface area contributed by atoms with Crippen molar-refractivity contribution in [3.8, 4) is 0 Å². The van der Waals surface area contributed by atoms with Gasteiger partial charge in [0.2, 0.25) is 0 Å². The number of hydrogen-bond acceptors (Lipinski definition) is 5. The number of carbonyl (C=O) groups excluding carboxylic acids is 1. The fraction of sp³-hybridized carbons (Fsp3) is 0.474. The highest BCUT2D eigenvalue weighted by Crippen LogP contribution is 2.36. The summed E-state index contributed by atoms with van der Waals surface area (Å²) in [4.78, 5) is 17.6. The maximum atomic E-state index is 13.1. The van der Waals surface area contributed by atoms with Crippen LogP contribution in [0, 0.1) is 6.92 Å². The number of piperazine rings is 1. The van der Waals surface area contributed by atoms with Crippen molar-refractivity contribution in [3.63, 3.8) is 0 Å². The summed E-state index contributed by atoms with van der Waals surface area (Å²) >= 11 is 12.1. The van der Waals surface area contributed by atoms with Crippen molar-refractivity contribution >= 4 is 40.9 Å². The molecule has 0 amide bonds. The van der Waals surface area contributed by atoms with Gasteiger partial charge in [-0.2, -0.15) is 18.3 Å². The van der Waals surface area contributed by atoms with Crippen LogP contribution in [0.1, 0.15) is 17.6 Å². The van der Waals surface area contributed by atoms with E-state index in [1.54, 1.807) is 4.90 Å². The van der Waals surface area contributed by atoms with E-state index in [1.807, 2.05) is 37.2 Å². The molecule has 1 aliphatic heterocycles. The van der Waals surface area contributed by atoms with Gasteiger partial charge in [0.25, 0.3) is 0 Å². The van der Waals surface area contributed by atoms with Crippen LogP contribution in [0.2, 0.25) is 10.0 Å². The lowest BCUT2D eigenvalue weighted by Gasteiger charge is -2.39. The van der Waals surface area contributed by atoms with Crippen molar-refractivity contribution in [1.82, 2.24) is 14.7 Å².